The number of esters is 1. The Balaban J connectivity index is 1.63. The Kier molecular flexibility index (Phi) is 6.23. The number of hydrogen-bond acceptors (Lipinski definition) is 7. The van der Waals surface area contributed by atoms with Gasteiger partial charge in [-0.2, -0.15) is 0 Å². The van der Waals surface area contributed by atoms with E-state index in [1.165, 1.54) is 18.1 Å². The van der Waals surface area contributed by atoms with Crippen LogP contribution in [0, 0.1) is 0 Å². The van der Waals surface area contributed by atoms with Crippen LogP contribution in [0.1, 0.15) is 39.4 Å². The molecule has 0 radical (unpaired) electrons. The topological polar surface area (TPSA) is 106 Å². The van der Waals surface area contributed by atoms with Gasteiger partial charge in [-0.3, -0.25) is 14.5 Å². The summed E-state index contributed by atoms with van der Waals surface area (Å²) < 4.78 is 16.1. The molecule has 5 rings (SSSR count). The van der Waals surface area contributed by atoms with Crippen molar-refractivity contribution < 1.29 is 33.4 Å². The van der Waals surface area contributed by atoms with Crippen LogP contribution >= 0.6 is 0 Å². The lowest BCUT2D eigenvalue weighted by Gasteiger charge is -2.27. The lowest BCUT2D eigenvalue weighted by atomic mass is 9.94. The Bertz CT molecular complexity index is 1520. The minimum Gasteiger partial charge on any atom is -0.503 e. The predicted octanol–water partition coefficient (Wildman–Crippen LogP) is 5.40. The van der Waals surface area contributed by atoms with Gasteiger partial charge in [0.1, 0.15) is 11.3 Å². The maximum absolute atomic E-state index is 13.7. The van der Waals surface area contributed by atoms with Crippen molar-refractivity contribution in [3.8, 4) is 5.75 Å². The number of methoxy groups -OCH3 is 1. The SMILES string of the molecule is CCOC(=O)c1cccc(N2C(=O)C(O)=C(C(=O)c3cc4ccccc4o3)C2c2ccc(OC)cc2)c1. The minimum atomic E-state index is -0.989. The zero-order valence-electron chi connectivity index (χ0n) is 20.1. The van der Waals surface area contributed by atoms with Crippen molar-refractivity contribution in [2.75, 3.05) is 18.6 Å². The molecule has 1 aliphatic heterocycles. The maximum Gasteiger partial charge on any atom is 0.338 e. The number of carbonyl (C=O) groups is 3. The molecule has 0 saturated carbocycles. The fourth-order valence-electron chi connectivity index (χ4n) is 4.43. The summed E-state index contributed by atoms with van der Waals surface area (Å²) in [6.07, 6.45) is 0. The maximum atomic E-state index is 13.7. The van der Waals surface area contributed by atoms with E-state index in [9.17, 15) is 19.5 Å². The van der Waals surface area contributed by atoms with Gasteiger partial charge in [-0.1, -0.05) is 36.4 Å². The first-order valence-corrected chi connectivity index (χ1v) is 11.6. The van der Waals surface area contributed by atoms with Gasteiger partial charge in [0.2, 0.25) is 5.78 Å². The molecular weight excluding hydrogens is 474 g/mol. The predicted molar refractivity (Wildman–Crippen MR) is 136 cm³/mol. The van der Waals surface area contributed by atoms with Crippen molar-refractivity contribution in [1.29, 1.82) is 0 Å². The summed E-state index contributed by atoms with van der Waals surface area (Å²) in [5.41, 5.74) is 1.48. The second-order valence-electron chi connectivity index (χ2n) is 8.36. The van der Waals surface area contributed by atoms with Crippen LogP contribution in [0.2, 0.25) is 0 Å². The molecule has 1 N–H and O–H groups in total. The van der Waals surface area contributed by atoms with E-state index in [0.717, 1.165) is 5.39 Å². The highest BCUT2D eigenvalue weighted by atomic mass is 16.5. The number of Topliss-reactive ketones (excluding diaryl/α,β-unsaturated/α-hetero) is 1. The number of para-hydroxylation sites is 1. The number of benzene rings is 3. The van der Waals surface area contributed by atoms with E-state index in [-0.39, 0.29) is 23.5 Å². The van der Waals surface area contributed by atoms with Crippen LogP contribution in [0.25, 0.3) is 11.0 Å². The summed E-state index contributed by atoms with van der Waals surface area (Å²) >= 11 is 0. The first-order valence-electron chi connectivity index (χ1n) is 11.6. The zero-order valence-corrected chi connectivity index (χ0v) is 20.1. The molecule has 1 atom stereocenters. The van der Waals surface area contributed by atoms with E-state index < -0.39 is 29.5 Å². The number of ether oxygens (including phenoxy) is 2. The number of ketones is 1. The number of hydrogen-bond donors (Lipinski definition) is 1. The standard InChI is InChI=1S/C29H23NO7/c1-3-36-29(34)19-8-6-9-20(15-19)30-25(17-11-13-21(35-2)14-12-17)24(27(32)28(30)33)26(31)23-16-18-7-4-5-10-22(18)37-23/h4-16,25,32H,3H2,1-2H3. The van der Waals surface area contributed by atoms with Crippen molar-refractivity contribution in [1.82, 2.24) is 0 Å². The summed E-state index contributed by atoms with van der Waals surface area (Å²) in [4.78, 5) is 40.8. The highest BCUT2D eigenvalue weighted by Crippen LogP contribution is 2.43. The number of aliphatic hydroxyl groups excluding tert-OH is 1. The molecule has 37 heavy (non-hydrogen) atoms. The van der Waals surface area contributed by atoms with Crippen molar-refractivity contribution in [3.05, 3.63) is 107 Å². The van der Waals surface area contributed by atoms with Gasteiger partial charge in [-0.15, -0.1) is 0 Å². The molecule has 3 aromatic carbocycles. The molecule has 0 saturated heterocycles. The molecule has 0 bridgehead atoms. The van der Waals surface area contributed by atoms with Gasteiger partial charge in [0.05, 0.1) is 30.9 Å². The molecule has 4 aromatic rings. The van der Waals surface area contributed by atoms with Crippen LogP contribution in [0.4, 0.5) is 5.69 Å². The third-order valence-electron chi connectivity index (χ3n) is 6.17. The average Bonchev–Trinajstić information content (AvgIpc) is 3.47. The number of furan rings is 1. The van der Waals surface area contributed by atoms with Crippen LogP contribution in [-0.2, 0) is 9.53 Å². The third kappa shape index (κ3) is 4.23. The van der Waals surface area contributed by atoms with E-state index in [4.69, 9.17) is 13.9 Å². The first kappa shape index (κ1) is 23.9. The fraction of sp³-hybridized carbons (Fsp3) is 0.138. The molecule has 186 valence electrons. The number of fused-ring (bicyclic) bond motifs is 1. The Morgan fingerprint density at radius 2 is 1.76 bits per heavy atom. The van der Waals surface area contributed by atoms with E-state index in [1.807, 2.05) is 6.07 Å². The van der Waals surface area contributed by atoms with Crippen molar-refractivity contribution in [3.63, 3.8) is 0 Å². The van der Waals surface area contributed by atoms with Gasteiger partial charge < -0.3 is 19.0 Å². The molecular formula is C29H23NO7. The molecule has 8 heteroatoms. The Morgan fingerprint density at radius 3 is 2.46 bits per heavy atom. The highest BCUT2D eigenvalue weighted by molar-refractivity contribution is 6.20. The van der Waals surface area contributed by atoms with Gasteiger partial charge >= 0.3 is 5.97 Å². The first-order chi connectivity index (χ1) is 17.9. The smallest absolute Gasteiger partial charge is 0.338 e. The number of amides is 1. The normalized spacial score (nSPS) is 15.4. The summed E-state index contributed by atoms with van der Waals surface area (Å²) in [6.45, 7) is 1.89. The number of aliphatic hydroxyl groups is 1. The van der Waals surface area contributed by atoms with Crippen molar-refractivity contribution in [2.45, 2.75) is 13.0 Å². The van der Waals surface area contributed by atoms with Crippen molar-refractivity contribution >= 4 is 34.3 Å². The zero-order chi connectivity index (χ0) is 26.1. The highest BCUT2D eigenvalue weighted by Gasteiger charge is 2.45. The number of carbonyl (C=O) groups excluding carboxylic acids is 3. The van der Waals surface area contributed by atoms with Gasteiger partial charge in [-0.05, 0) is 55.0 Å². The number of nitrogens with zero attached hydrogens (tertiary/aromatic N) is 1. The molecule has 1 amide bonds. The Hall–Kier alpha value is -4.85. The molecule has 1 aliphatic rings. The van der Waals surface area contributed by atoms with Crippen LogP contribution in [0.3, 0.4) is 0 Å². The van der Waals surface area contributed by atoms with Crippen LogP contribution in [-0.4, -0.2) is 36.5 Å². The minimum absolute atomic E-state index is 0.00353. The van der Waals surface area contributed by atoms with E-state index >= 15 is 0 Å². The summed E-state index contributed by atoms with van der Waals surface area (Å²) in [5.74, 6) is -2.05. The molecule has 0 aliphatic carbocycles. The fourth-order valence-corrected chi connectivity index (χ4v) is 4.43. The molecule has 1 aromatic heterocycles. The molecule has 0 spiro atoms. The van der Waals surface area contributed by atoms with Crippen LogP contribution < -0.4 is 9.64 Å². The molecule has 2 heterocycles. The lowest BCUT2D eigenvalue weighted by Crippen LogP contribution is -2.31. The lowest BCUT2D eigenvalue weighted by molar-refractivity contribution is -0.117. The van der Waals surface area contributed by atoms with Gasteiger partial charge in [-0.25, -0.2) is 4.79 Å². The van der Waals surface area contributed by atoms with Gasteiger partial charge in [0, 0.05) is 11.1 Å². The molecule has 0 fully saturated rings. The Labute approximate surface area is 212 Å². The second-order valence-corrected chi connectivity index (χ2v) is 8.36. The summed E-state index contributed by atoms with van der Waals surface area (Å²) in [5, 5.41) is 11.7. The van der Waals surface area contributed by atoms with Gasteiger partial charge in [0.15, 0.2) is 11.5 Å². The van der Waals surface area contributed by atoms with Crippen LogP contribution in [0.5, 0.6) is 5.75 Å². The average molecular weight is 498 g/mol. The molecule has 1 unspecified atom stereocenters. The van der Waals surface area contributed by atoms with E-state index in [0.29, 0.717) is 22.6 Å². The quantitative estimate of drug-likeness (QED) is 0.269. The number of anilines is 1. The number of rotatable bonds is 7. The van der Waals surface area contributed by atoms with Crippen LogP contribution in [0.15, 0.2) is 94.6 Å². The van der Waals surface area contributed by atoms with E-state index in [2.05, 4.69) is 0 Å². The summed E-state index contributed by atoms with van der Waals surface area (Å²) in [7, 11) is 1.53. The van der Waals surface area contributed by atoms with Gasteiger partial charge in [0.25, 0.3) is 5.91 Å². The largest absolute Gasteiger partial charge is 0.503 e. The second kappa shape index (κ2) is 9.66. The summed E-state index contributed by atoms with van der Waals surface area (Å²) in [6, 6.07) is 20.8. The Morgan fingerprint density at radius 1 is 1.00 bits per heavy atom. The third-order valence-corrected chi connectivity index (χ3v) is 6.17. The molecule has 8 nitrogen and oxygen atoms in total. The monoisotopic (exact) mass is 497 g/mol. The van der Waals surface area contributed by atoms with E-state index in [1.54, 1.807) is 73.7 Å². The van der Waals surface area contributed by atoms with Crippen molar-refractivity contribution in [2.24, 2.45) is 0 Å².